The zero-order valence-corrected chi connectivity index (χ0v) is 11.3. The van der Waals surface area contributed by atoms with Gasteiger partial charge in [0.25, 0.3) is 0 Å². The minimum Gasteiger partial charge on any atom is -0.356 e. The molecule has 0 spiro atoms. The Labute approximate surface area is 106 Å². The van der Waals surface area contributed by atoms with Crippen LogP contribution in [0.2, 0.25) is 0 Å². The van der Waals surface area contributed by atoms with Crippen LogP contribution in [0.15, 0.2) is 0 Å². The first kappa shape index (κ1) is 14.5. The van der Waals surface area contributed by atoms with E-state index in [0.717, 1.165) is 19.5 Å². The van der Waals surface area contributed by atoms with Gasteiger partial charge in [-0.3, -0.25) is 4.79 Å². The van der Waals surface area contributed by atoms with Crippen molar-refractivity contribution < 1.29 is 4.79 Å². The number of nitrogens with one attached hydrogen (secondary N) is 2. The lowest BCUT2D eigenvalue weighted by Gasteiger charge is -2.05. The Morgan fingerprint density at radius 1 is 1.06 bits per heavy atom. The number of hydrogen-bond acceptors (Lipinski definition) is 2. The minimum atomic E-state index is 0.201. The second-order valence-corrected chi connectivity index (χ2v) is 5.10. The normalized spacial score (nSPS) is 14.9. The zero-order chi connectivity index (χ0) is 12.3. The average Bonchev–Trinajstić information content (AvgIpc) is 3.12. The van der Waals surface area contributed by atoms with E-state index in [1.54, 1.807) is 0 Å². The SMILES string of the molecule is CCCCCCCCNC(=O)CCNC1CC1. The summed E-state index contributed by atoms with van der Waals surface area (Å²) in [5.74, 6) is 0.201. The summed E-state index contributed by atoms with van der Waals surface area (Å²) < 4.78 is 0. The van der Waals surface area contributed by atoms with Crippen molar-refractivity contribution in [3.8, 4) is 0 Å². The smallest absolute Gasteiger partial charge is 0.221 e. The maximum Gasteiger partial charge on any atom is 0.221 e. The molecule has 0 bridgehead atoms. The molecule has 1 aliphatic rings. The molecule has 0 atom stereocenters. The van der Waals surface area contributed by atoms with Gasteiger partial charge in [0, 0.05) is 25.6 Å². The van der Waals surface area contributed by atoms with Gasteiger partial charge < -0.3 is 10.6 Å². The number of rotatable bonds is 11. The molecule has 0 aromatic carbocycles. The zero-order valence-electron chi connectivity index (χ0n) is 11.3. The molecule has 0 aromatic heterocycles. The number of carbonyl (C=O) groups is 1. The fourth-order valence-corrected chi connectivity index (χ4v) is 1.90. The summed E-state index contributed by atoms with van der Waals surface area (Å²) in [4.78, 5) is 11.4. The van der Waals surface area contributed by atoms with Gasteiger partial charge in [-0.15, -0.1) is 0 Å². The molecular formula is C14H28N2O. The van der Waals surface area contributed by atoms with Crippen LogP contribution >= 0.6 is 0 Å². The van der Waals surface area contributed by atoms with Crippen LogP contribution in [0.25, 0.3) is 0 Å². The van der Waals surface area contributed by atoms with Crippen LogP contribution in [-0.2, 0) is 4.79 Å². The average molecular weight is 240 g/mol. The van der Waals surface area contributed by atoms with Crippen molar-refractivity contribution in [1.82, 2.24) is 10.6 Å². The molecule has 17 heavy (non-hydrogen) atoms. The fourth-order valence-electron chi connectivity index (χ4n) is 1.90. The minimum absolute atomic E-state index is 0.201. The van der Waals surface area contributed by atoms with Gasteiger partial charge in [-0.1, -0.05) is 39.0 Å². The molecule has 1 aliphatic carbocycles. The second kappa shape index (κ2) is 9.46. The number of hydrogen-bond donors (Lipinski definition) is 2. The van der Waals surface area contributed by atoms with Crippen LogP contribution in [0.3, 0.4) is 0 Å². The van der Waals surface area contributed by atoms with Crippen LogP contribution in [0.5, 0.6) is 0 Å². The van der Waals surface area contributed by atoms with Gasteiger partial charge in [0.15, 0.2) is 0 Å². The Kier molecular flexibility index (Phi) is 8.06. The second-order valence-electron chi connectivity index (χ2n) is 5.10. The monoisotopic (exact) mass is 240 g/mol. The predicted molar refractivity (Wildman–Crippen MR) is 72.0 cm³/mol. The van der Waals surface area contributed by atoms with Gasteiger partial charge in [0.05, 0.1) is 0 Å². The van der Waals surface area contributed by atoms with Crippen molar-refractivity contribution in [1.29, 1.82) is 0 Å². The predicted octanol–water partition coefficient (Wildman–Crippen LogP) is 2.61. The van der Waals surface area contributed by atoms with Crippen molar-refractivity contribution in [3.63, 3.8) is 0 Å². The summed E-state index contributed by atoms with van der Waals surface area (Å²) in [7, 11) is 0. The lowest BCUT2D eigenvalue weighted by Crippen LogP contribution is -2.29. The summed E-state index contributed by atoms with van der Waals surface area (Å²) in [6, 6.07) is 0.710. The van der Waals surface area contributed by atoms with E-state index in [1.807, 2.05) is 0 Å². The van der Waals surface area contributed by atoms with E-state index in [-0.39, 0.29) is 5.91 Å². The molecule has 0 heterocycles. The molecule has 0 unspecified atom stereocenters. The molecule has 1 rings (SSSR count). The van der Waals surface area contributed by atoms with Crippen LogP contribution < -0.4 is 10.6 Å². The van der Waals surface area contributed by atoms with Gasteiger partial charge in [0.2, 0.25) is 5.91 Å². The lowest BCUT2D eigenvalue weighted by molar-refractivity contribution is -0.121. The Bertz CT molecular complexity index is 202. The molecule has 0 radical (unpaired) electrons. The molecule has 0 aromatic rings. The molecule has 3 heteroatoms. The van der Waals surface area contributed by atoms with E-state index in [9.17, 15) is 4.79 Å². The quantitative estimate of drug-likeness (QED) is 0.545. The molecular weight excluding hydrogens is 212 g/mol. The van der Waals surface area contributed by atoms with Gasteiger partial charge in [0.1, 0.15) is 0 Å². The molecule has 1 fully saturated rings. The third-order valence-electron chi connectivity index (χ3n) is 3.21. The summed E-state index contributed by atoms with van der Waals surface area (Å²) >= 11 is 0. The fraction of sp³-hybridized carbons (Fsp3) is 0.929. The first-order valence-electron chi connectivity index (χ1n) is 7.33. The molecule has 1 saturated carbocycles. The Balaban J connectivity index is 1.76. The van der Waals surface area contributed by atoms with Gasteiger partial charge in [-0.05, 0) is 19.3 Å². The lowest BCUT2D eigenvalue weighted by atomic mass is 10.1. The molecule has 2 N–H and O–H groups in total. The van der Waals surface area contributed by atoms with E-state index in [2.05, 4.69) is 17.6 Å². The van der Waals surface area contributed by atoms with Gasteiger partial charge >= 0.3 is 0 Å². The highest BCUT2D eigenvalue weighted by molar-refractivity contribution is 5.75. The Morgan fingerprint density at radius 2 is 1.76 bits per heavy atom. The van der Waals surface area contributed by atoms with E-state index in [1.165, 1.54) is 44.9 Å². The summed E-state index contributed by atoms with van der Waals surface area (Å²) in [5, 5.41) is 6.34. The highest BCUT2D eigenvalue weighted by Gasteiger charge is 2.19. The molecule has 1 amide bonds. The molecule has 3 nitrogen and oxygen atoms in total. The van der Waals surface area contributed by atoms with Crippen molar-refractivity contribution in [2.45, 2.75) is 70.8 Å². The Hall–Kier alpha value is -0.570. The Morgan fingerprint density at radius 3 is 2.47 bits per heavy atom. The van der Waals surface area contributed by atoms with Crippen molar-refractivity contribution in [3.05, 3.63) is 0 Å². The van der Waals surface area contributed by atoms with Gasteiger partial charge in [-0.2, -0.15) is 0 Å². The third-order valence-corrected chi connectivity index (χ3v) is 3.21. The van der Waals surface area contributed by atoms with E-state index in [4.69, 9.17) is 0 Å². The summed E-state index contributed by atoms with van der Waals surface area (Å²) in [6.07, 6.45) is 10.9. The number of amides is 1. The maximum atomic E-state index is 11.4. The topological polar surface area (TPSA) is 41.1 Å². The van der Waals surface area contributed by atoms with E-state index in [0.29, 0.717) is 12.5 Å². The first-order chi connectivity index (χ1) is 8.33. The van der Waals surface area contributed by atoms with E-state index < -0.39 is 0 Å². The third kappa shape index (κ3) is 9.16. The largest absolute Gasteiger partial charge is 0.356 e. The maximum absolute atomic E-state index is 11.4. The summed E-state index contributed by atoms with van der Waals surface area (Å²) in [5.41, 5.74) is 0. The van der Waals surface area contributed by atoms with Crippen LogP contribution in [0, 0.1) is 0 Å². The van der Waals surface area contributed by atoms with E-state index >= 15 is 0 Å². The van der Waals surface area contributed by atoms with Crippen LogP contribution in [0.1, 0.15) is 64.7 Å². The standard InChI is InChI=1S/C14H28N2O/c1-2-3-4-5-6-7-11-16-14(17)10-12-15-13-8-9-13/h13,15H,2-12H2,1H3,(H,16,17). The first-order valence-corrected chi connectivity index (χ1v) is 7.33. The highest BCUT2D eigenvalue weighted by Crippen LogP contribution is 2.18. The van der Waals surface area contributed by atoms with Crippen LogP contribution in [-0.4, -0.2) is 25.0 Å². The van der Waals surface area contributed by atoms with Crippen molar-refractivity contribution in [2.24, 2.45) is 0 Å². The molecule has 0 aliphatic heterocycles. The van der Waals surface area contributed by atoms with Gasteiger partial charge in [-0.25, -0.2) is 0 Å². The molecule has 100 valence electrons. The van der Waals surface area contributed by atoms with Crippen molar-refractivity contribution >= 4 is 5.91 Å². The van der Waals surface area contributed by atoms with Crippen molar-refractivity contribution in [2.75, 3.05) is 13.1 Å². The number of unbranched alkanes of at least 4 members (excludes halogenated alkanes) is 5. The highest BCUT2D eigenvalue weighted by atomic mass is 16.1. The molecule has 0 saturated heterocycles. The summed E-state index contributed by atoms with van der Waals surface area (Å²) in [6.45, 7) is 3.93. The van der Waals surface area contributed by atoms with Crippen LogP contribution in [0.4, 0.5) is 0 Å². The number of carbonyl (C=O) groups excluding carboxylic acids is 1.